The number of nitrogens with zero attached hydrogens (tertiary/aromatic N) is 2. The second-order valence-electron chi connectivity index (χ2n) is 6.63. The van der Waals surface area contributed by atoms with E-state index in [9.17, 15) is 8.42 Å². The van der Waals surface area contributed by atoms with E-state index in [0.717, 1.165) is 27.9 Å². The number of benzene rings is 2. The number of sulfonamides is 1. The average Bonchev–Trinajstić information content (AvgIpc) is 3.07. The molecule has 3 aromatic rings. The summed E-state index contributed by atoms with van der Waals surface area (Å²) in [5.41, 5.74) is 4.46. The fraction of sp³-hybridized carbons (Fsp3) is 0.250. The lowest BCUT2D eigenvalue weighted by molar-refractivity contribution is 0.565. The maximum Gasteiger partial charge on any atom is 0.241 e. The van der Waals surface area contributed by atoms with Gasteiger partial charge in [-0.3, -0.25) is 0 Å². The summed E-state index contributed by atoms with van der Waals surface area (Å²) in [6.07, 6.45) is 5.31. The molecule has 0 amide bonds. The van der Waals surface area contributed by atoms with Crippen molar-refractivity contribution >= 4 is 10.0 Å². The lowest BCUT2D eigenvalue weighted by atomic mass is 10.1. The van der Waals surface area contributed by atoms with E-state index in [4.69, 9.17) is 0 Å². The third-order valence-corrected chi connectivity index (χ3v) is 6.25. The predicted molar refractivity (Wildman–Crippen MR) is 103 cm³/mol. The van der Waals surface area contributed by atoms with E-state index in [-0.39, 0.29) is 6.04 Å². The SMILES string of the molecule is Cc1cc(C)c(S(=O)(=O)N[C@H](C)c2ccc(-n3ccnc3)cc2)c(C)c1. The van der Waals surface area contributed by atoms with E-state index in [1.807, 2.05) is 74.9 Å². The molecule has 5 nitrogen and oxygen atoms in total. The van der Waals surface area contributed by atoms with Crippen LogP contribution in [0.5, 0.6) is 0 Å². The van der Waals surface area contributed by atoms with Crippen molar-refractivity contribution in [2.24, 2.45) is 0 Å². The first-order chi connectivity index (χ1) is 12.3. The van der Waals surface area contributed by atoms with Crippen molar-refractivity contribution in [1.82, 2.24) is 14.3 Å². The Morgan fingerprint density at radius 2 is 1.65 bits per heavy atom. The van der Waals surface area contributed by atoms with Crippen LogP contribution in [0.1, 0.15) is 35.2 Å². The highest BCUT2D eigenvalue weighted by Crippen LogP contribution is 2.24. The molecule has 0 saturated carbocycles. The topological polar surface area (TPSA) is 64.0 Å². The van der Waals surface area contributed by atoms with Gasteiger partial charge in [0.25, 0.3) is 0 Å². The number of aromatic nitrogens is 2. The highest BCUT2D eigenvalue weighted by atomic mass is 32.2. The van der Waals surface area contributed by atoms with E-state index in [1.165, 1.54) is 0 Å². The molecule has 1 aromatic heterocycles. The Balaban J connectivity index is 1.84. The van der Waals surface area contributed by atoms with Crippen LogP contribution in [0.25, 0.3) is 5.69 Å². The standard InChI is InChI=1S/C20H23N3O2S/c1-14-11-15(2)20(16(3)12-14)26(24,25)22-17(4)18-5-7-19(8-6-18)23-10-9-21-13-23/h5-13,17,22H,1-4H3/t17-/m1/s1. The highest BCUT2D eigenvalue weighted by molar-refractivity contribution is 7.89. The van der Waals surface area contributed by atoms with Gasteiger partial charge >= 0.3 is 0 Å². The van der Waals surface area contributed by atoms with E-state index in [0.29, 0.717) is 4.90 Å². The maximum absolute atomic E-state index is 12.9. The van der Waals surface area contributed by atoms with Gasteiger partial charge in [-0.15, -0.1) is 0 Å². The largest absolute Gasteiger partial charge is 0.306 e. The molecule has 1 heterocycles. The number of hydrogen-bond donors (Lipinski definition) is 1. The minimum Gasteiger partial charge on any atom is -0.306 e. The van der Waals surface area contributed by atoms with Gasteiger partial charge in [0.05, 0.1) is 11.2 Å². The third kappa shape index (κ3) is 3.71. The molecule has 136 valence electrons. The van der Waals surface area contributed by atoms with Gasteiger partial charge in [-0.25, -0.2) is 18.1 Å². The van der Waals surface area contributed by atoms with Crippen LogP contribution in [0, 0.1) is 20.8 Å². The number of imidazole rings is 1. The Morgan fingerprint density at radius 1 is 1.04 bits per heavy atom. The summed E-state index contributed by atoms with van der Waals surface area (Å²) in [5, 5.41) is 0. The summed E-state index contributed by atoms with van der Waals surface area (Å²) in [6.45, 7) is 7.48. The van der Waals surface area contributed by atoms with E-state index in [2.05, 4.69) is 9.71 Å². The number of aryl methyl sites for hydroxylation is 3. The van der Waals surface area contributed by atoms with Crippen LogP contribution in [0.15, 0.2) is 60.0 Å². The summed E-state index contributed by atoms with van der Waals surface area (Å²) in [7, 11) is -3.60. The Hall–Kier alpha value is -2.44. The molecular weight excluding hydrogens is 346 g/mol. The molecule has 0 aliphatic rings. The molecule has 6 heteroatoms. The Bertz CT molecular complexity index is 985. The maximum atomic E-state index is 12.9. The van der Waals surface area contributed by atoms with E-state index >= 15 is 0 Å². The van der Waals surface area contributed by atoms with Gasteiger partial charge in [0, 0.05) is 24.1 Å². The first kappa shape index (κ1) is 18.4. The molecule has 0 bridgehead atoms. The van der Waals surface area contributed by atoms with Gasteiger partial charge in [0.2, 0.25) is 10.0 Å². The molecule has 0 saturated heterocycles. The van der Waals surface area contributed by atoms with Crippen molar-refractivity contribution in [1.29, 1.82) is 0 Å². The van der Waals surface area contributed by atoms with Crippen molar-refractivity contribution in [3.05, 3.63) is 77.4 Å². The van der Waals surface area contributed by atoms with Gasteiger partial charge in [-0.05, 0) is 56.5 Å². The molecule has 1 N–H and O–H groups in total. The summed E-state index contributed by atoms with van der Waals surface area (Å²) < 4.78 is 30.5. The van der Waals surface area contributed by atoms with Crippen LogP contribution in [0.4, 0.5) is 0 Å². The zero-order valence-corrected chi connectivity index (χ0v) is 16.2. The van der Waals surface area contributed by atoms with E-state index in [1.54, 1.807) is 12.5 Å². The second-order valence-corrected chi connectivity index (χ2v) is 8.28. The smallest absolute Gasteiger partial charge is 0.241 e. The molecule has 0 radical (unpaired) electrons. The van der Waals surface area contributed by atoms with Gasteiger partial charge in [0.15, 0.2) is 0 Å². The monoisotopic (exact) mass is 369 g/mol. The molecule has 0 fully saturated rings. The van der Waals surface area contributed by atoms with Crippen molar-refractivity contribution in [3.8, 4) is 5.69 Å². The van der Waals surface area contributed by atoms with Crippen molar-refractivity contribution in [2.75, 3.05) is 0 Å². The van der Waals surface area contributed by atoms with Crippen LogP contribution in [0.3, 0.4) is 0 Å². The molecule has 0 spiro atoms. The highest BCUT2D eigenvalue weighted by Gasteiger charge is 2.22. The molecule has 0 aliphatic heterocycles. The fourth-order valence-electron chi connectivity index (χ4n) is 3.30. The third-order valence-electron chi connectivity index (χ3n) is 4.40. The Morgan fingerprint density at radius 3 is 2.19 bits per heavy atom. The first-order valence-electron chi connectivity index (χ1n) is 8.46. The molecule has 3 rings (SSSR count). The van der Waals surface area contributed by atoms with Crippen LogP contribution in [-0.4, -0.2) is 18.0 Å². The minimum absolute atomic E-state index is 0.336. The van der Waals surface area contributed by atoms with Crippen LogP contribution in [-0.2, 0) is 10.0 Å². The van der Waals surface area contributed by atoms with Crippen molar-refractivity contribution < 1.29 is 8.42 Å². The molecule has 1 atom stereocenters. The first-order valence-corrected chi connectivity index (χ1v) is 9.95. The number of nitrogens with one attached hydrogen (secondary N) is 1. The van der Waals surface area contributed by atoms with Gasteiger partial charge in [-0.2, -0.15) is 0 Å². The normalized spacial score (nSPS) is 12.9. The number of rotatable bonds is 5. The lowest BCUT2D eigenvalue weighted by Crippen LogP contribution is -2.28. The fourth-order valence-corrected chi connectivity index (χ4v) is 4.98. The summed E-state index contributed by atoms with van der Waals surface area (Å²) >= 11 is 0. The summed E-state index contributed by atoms with van der Waals surface area (Å²) in [4.78, 5) is 4.40. The summed E-state index contributed by atoms with van der Waals surface area (Å²) in [5.74, 6) is 0. The van der Waals surface area contributed by atoms with Crippen molar-refractivity contribution in [2.45, 2.75) is 38.6 Å². The van der Waals surface area contributed by atoms with Gasteiger partial charge in [-0.1, -0.05) is 29.8 Å². The van der Waals surface area contributed by atoms with E-state index < -0.39 is 10.0 Å². The van der Waals surface area contributed by atoms with Crippen molar-refractivity contribution in [3.63, 3.8) is 0 Å². The lowest BCUT2D eigenvalue weighted by Gasteiger charge is -2.18. The molecule has 26 heavy (non-hydrogen) atoms. The zero-order valence-electron chi connectivity index (χ0n) is 15.4. The molecule has 2 aromatic carbocycles. The Labute approximate surface area is 154 Å². The molecule has 0 aliphatic carbocycles. The Kier molecular flexibility index (Phi) is 4.98. The summed E-state index contributed by atoms with van der Waals surface area (Å²) in [6, 6.07) is 11.2. The zero-order chi connectivity index (χ0) is 18.9. The van der Waals surface area contributed by atoms with Crippen LogP contribution in [0.2, 0.25) is 0 Å². The molecular formula is C20H23N3O2S. The minimum atomic E-state index is -3.60. The average molecular weight is 369 g/mol. The second kappa shape index (κ2) is 7.05. The predicted octanol–water partition coefficient (Wildman–Crippen LogP) is 3.84. The van der Waals surface area contributed by atoms with Gasteiger partial charge in [0.1, 0.15) is 0 Å². The van der Waals surface area contributed by atoms with Crippen LogP contribution < -0.4 is 4.72 Å². The van der Waals surface area contributed by atoms with Gasteiger partial charge < -0.3 is 4.57 Å². The molecule has 0 unspecified atom stereocenters. The quantitative estimate of drug-likeness (QED) is 0.743. The van der Waals surface area contributed by atoms with Crippen LogP contribution >= 0.6 is 0 Å². The number of hydrogen-bond acceptors (Lipinski definition) is 3.